The Labute approximate surface area is 153 Å². The molecule has 2 aromatic carbocycles. The van der Waals surface area contributed by atoms with Crippen molar-refractivity contribution in [2.75, 3.05) is 18.5 Å². The maximum Gasteiger partial charge on any atom is 0.244 e. The average molecular weight is 374 g/mol. The van der Waals surface area contributed by atoms with Crippen LogP contribution in [0.2, 0.25) is 0 Å². The molecule has 0 radical (unpaired) electrons. The number of hydrogen-bond acceptors (Lipinski definition) is 5. The number of morpholine rings is 1. The summed E-state index contributed by atoms with van der Waals surface area (Å²) in [5, 5.41) is 5.96. The second kappa shape index (κ2) is 7.99. The lowest BCUT2D eigenvalue weighted by molar-refractivity contribution is -0.123. The molecule has 26 heavy (non-hydrogen) atoms. The maximum atomic E-state index is 12.5. The molecule has 0 aromatic heterocycles. The van der Waals surface area contributed by atoms with Gasteiger partial charge in [-0.2, -0.15) is 0 Å². The van der Waals surface area contributed by atoms with E-state index in [2.05, 4.69) is 10.6 Å². The molecule has 1 aliphatic heterocycles. The largest absolute Gasteiger partial charge is 0.375 e. The molecule has 138 valence electrons. The van der Waals surface area contributed by atoms with Crippen molar-refractivity contribution < 1.29 is 17.9 Å². The number of sulfone groups is 1. The zero-order chi connectivity index (χ0) is 18.6. The van der Waals surface area contributed by atoms with E-state index >= 15 is 0 Å². The highest BCUT2D eigenvalue weighted by Gasteiger charge is 2.28. The van der Waals surface area contributed by atoms with Crippen LogP contribution in [0.3, 0.4) is 0 Å². The van der Waals surface area contributed by atoms with Crippen LogP contribution in [0.4, 0.5) is 5.69 Å². The quantitative estimate of drug-likeness (QED) is 0.836. The van der Waals surface area contributed by atoms with Gasteiger partial charge in [-0.1, -0.05) is 30.3 Å². The summed E-state index contributed by atoms with van der Waals surface area (Å²) < 4.78 is 30.5. The molecule has 1 amide bonds. The molecule has 1 saturated heterocycles. The standard InChI is InChI=1S/C19H22N2O4S/c1-14-18(20-10-11-25-14)19(22)21-16-7-5-6-15(12-16)13-26(23,24)17-8-3-2-4-9-17/h2-9,12,14,18,20H,10-11,13H2,1H3,(H,21,22)/t14-,18+/m1/s1. The fourth-order valence-electron chi connectivity index (χ4n) is 2.92. The summed E-state index contributed by atoms with van der Waals surface area (Å²) in [7, 11) is -3.43. The van der Waals surface area contributed by atoms with Crippen LogP contribution in [0.25, 0.3) is 0 Å². The van der Waals surface area contributed by atoms with Crippen LogP contribution in [-0.2, 0) is 25.1 Å². The molecule has 1 fully saturated rings. The zero-order valence-corrected chi connectivity index (χ0v) is 15.3. The highest BCUT2D eigenvalue weighted by molar-refractivity contribution is 7.90. The first-order valence-corrected chi connectivity index (χ1v) is 10.1. The summed E-state index contributed by atoms with van der Waals surface area (Å²) in [6, 6.07) is 14.8. The zero-order valence-electron chi connectivity index (χ0n) is 14.5. The van der Waals surface area contributed by atoms with E-state index in [4.69, 9.17) is 4.74 Å². The Kier molecular flexibility index (Phi) is 5.70. The van der Waals surface area contributed by atoms with E-state index in [1.807, 2.05) is 6.92 Å². The number of anilines is 1. The molecule has 2 aromatic rings. The third-order valence-electron chi connectivity index (χ3n) is 4.25. The maximum absolute atomic E-state index is 12.5. The minimum Gasteiger partial charge on any atom is -0.375 e. The van der Waals surface area contributed by atoms with Gasteiger partial charge in [-0.3, -0.25) is 4.79 Å². The van der Waals surface area contributed by atoms with Gasteiger partial charge in [-0.15, -0.1) is 0 Å². The average Bonchev–Trinajstić information content (AvgIpc) is 2.63. The molecule has 3 rings (SSSR count). The van der Waals surface area contributed by atoms with Crippen molar-refractivity contribution in [2.24, 2.45) is 0 Å². The molecule has 0 saturated carbocycles. The third kappa shape index (κ3) is 4.49. The Hall–Kier alpha value is -2.22. The normalized spacial score (nSPS) is 20.5. The van der Waals surface area contributed by atoms with Crippen molar-refractivity contribution in [3.63, 3.8) is 0 Å². The van der Waals surface area contributed by atoms with Crippen molar-refractivity contribution in [1.82, 2.24) is 5.32 Å². The first-order chi connectivity index (χ1) is 12.5. The Balaban J connectivity index is 1.71. The van der Waals surface area contributed by atoms with Gasteiger partial charge in [0.15, 0.2) is 9.84 Å². The Bertz CT molecular complexity index is 868. The molecule has 1 heterocycles. The van der Waals surface area contributed by atoms with Crippen LogP contribution >= 0.6 is 0 Å². The summed E-state index contributed by atoms with van der Waals surface area (Å²) in [6.45, 7) is 3.05. The number of rotatable bonds is 5. The number of nitrogens with one attached hydrogen (secondary N) is 2. The monoisotopic (exact) mass is 374 g/mol. The molecule has 7 heteroatoms. The Morgan fingerprint density at radius 3 is 2.69 bits per heavy atom. The van der Waals surface area contributed by atoms with Crippen LogP contribution in [0.1, 0.15) is 12.5 Å². The fraction of sp³-hybridized carbons (Fsp3) is 0.316. The Morgan fingerprint density at radius 2 is 1.96 bits per heavy atom. The van der Waals surface area contributed by atoms with Gasteiger partial charge >= 0.3 is 0 Å². The minimum absolute atomic E-state index is 0.123. The summed E-state index contributed by atoms with van der Waals surface area (Å²) in [4.78, 5) is 12.7. The van der Waals surface area contributed by atoms with Crippen molar-refractivity contribution in [1.29, 1.82) is 0 Å². The number of amides is 1. The second-order valence-electron chi connectivity index (χ2n) is 6.27. The number of ether oxygens (including phenoxy) is 1. The van der Waals surface area contributed by atoms with Crippen molar-refractivity contribution in [3.8, 4) is 0 Å². The summed E-state index contributed by atoms with van der Waals surface area (Å²) in [5.41, 5.74) is 1.18. The topological polar surface area (TPSA) is 84.5 Å². The van der Waals surface area contributed by atoms with Crippen LogP contribution in [0.5, 0.6) is 0 Å². The van der Waals surface area contributed by atoms with Gasteiger partial charge in [0.2, 0.25) is 5.91 Å². The van der Waals surface area contributed by atoms with E-state index in [9.17, 15) is 13.2 Å². The van der Waals surface area contributed by atoms with Gasteiger partial charge in [0.25, 0.3) is 0 Å². The van der Waals surface area contributed by atoms with Crippen LogP contribution in [0, 0.1) is 0 Å². The molecular weight excluding hydrogens is 352 g/mol. The number of hydrogen-bond donors (Lipinski definition) is 2. The van der Waals surface area contributed by atoms with E-state index in [0.717, 1.165) is 0 Å². The fourth-order valence-corrected chi connectivity index (χ4v) is 4.27. The SMILES string of the molecule is C[C@H]1OCCN[C@@H]1C(=O)Nc1cccc(CS(=O)(=O)c2ccccc2)c1. The molecule has 0 aliphatic carbocycles. The lowest BCUT2D eigenvalue weighted by Crippen LogP contribution is -2.53. The molecule has 0 unspecified atom stereocenters. The van der Waals surface area contributed by atoms with E-state index in [-0.39, 0.29) is 22.7 Å². The summed E-state index contributed by atoms with van der Waals surface area (Å²) in [5.74, 6) is -0.317. The van der Waals surface area contributed by atoms with E-state index < -0.39 is 15.9 Å². The lowest BCUT2D eigenvalue weighted by atomic mass is 10.1. The van der Waals surface area contributed by atoms with Crippen molar-refractivity contribution in [2.45, 2.75) is 29.7 Å². The van der Waals surface area contributed by atoms with Gasteiger partial charge in [-0.25, -0.2) is 8.42 Å². The molecule has 0 bridgehead atoms. The second-order valence-corrected chi connectivity index (χ2v) is 8.26. The molecule has 2 atom stereocenters. The van der Waals surface area contributed by atoms with Gasteiger partial charge < -0.3 is 15.4 Å². The molecule has 2 N–H and O–H groups in total. The molecule has 0 spiro atoms. The predicted molar refractivity (Wildman–Crippen MR) is 99.6 cm³/mol. The van der Waals surface area contributed by atoms with Crippen LogP contribution < -0.4 is 10.6 Å². The van der Waals surface area contributed by atoms with Crippen molar-refractivity contribution >= 4 is 21.4 Å². The molecule has 1 aliphatic rings. The van der Waals surface area contributed by atoms with Crippen molar-refractivity contribution in [3.05, 3.63) is 60.2 Å². The highest BCUT2D eigenvalue weighted by Crippen LogP contribution is 2.19. The molecular formula is C19H22N2O4S. The first kappa shape index (κ1) is 18.6. The summed E-state index contributed by atoms with van der Waals surface area (Å²) in [6.07, 6.45) is -0.217. The van der Waals surface area contributed by atoms with E-state index in [1.165, 1.54) is 0 Å². The highest BCUT2D eigenvalue weighted by atomic mass is 32.2. The van der Waals surface area contributed by atoms with Crippen LogP contribution in [-0.4, -0.2) is 39.6 Å². The smallest absolute Gasteiger partial charge is 0.244 e. The third-order valence-corrected chi connectivity index (χ3v) is 5.96. The first-order valence-electron chi connectivity index (χ1n) is 8.48. The van der Waals surface area contributed by atoms with Gasteiger partial charge in [0.05, 0.1) is 23.4 Å². The van der Waals surface area contributed by atoms with Gasteiger partial charge in [-0.05, 0) is 36.8 Å². The lowest BCUT2D eigenvalue weighted by Gasteiger charge is -2.29. The van der Waals surface area contributed by atoms with Gasteiger partial charge in [0, 0.05) is 12.2 Å². The number of benzene rings is 2. The van der Waals surface area contributed by atoms with E-state index in [0.29, 0.717) is 24.4 Å². The predicted octanol–water partition coefficient (Wildman–Crippen LogP) is 1.98. The van der Waals surface area contributed by atoms with Gasteiger partial charge in [0.1, 0.15) is 6.04 Å². The molecule has 6 nitrogen and oxygen atoms in total. The number of carbonyl (C=O) groups excluding carboxylic acids is 1. The number of carbonyl (C=O) groups is 1. The minimum atomic E-state index is -3.43. The summed E-state index contributed by atoms with van der Waals surface area (Å²) >= 11 is 0. The Morgan fingerprint density at radius 1 is 1.19 bits per heavy atom. The van der Waals surface area contributed by atoms with Crippen LogP contribution in [0.15, 0.2) is 59.5 Å². The van der Waals surface area contributed by atoms with E-state index in [1.54, 1.807) is 54.6 Å².